The lowest BCUT2D eigenvalue weighted by Gasteiger charge is -2.14. The molecule has 0 aliphatic rings. The molecule has 41 heavy (non-hydrogen) atoms. The minimum absolute atomic E-state index is 0.0584. The average Bonchev–Trinajstić information content (AvgIpc) is 3.39. The van der Waals surface area contributed by atoms with Crippen molar-refractivity contribution in [1.29, 1.82) is 0 Å². The quantitative estimate of drug-likeness (QED) is 0.221. The van der Waals surface area contributed by atoms with Crippen LogP contribution < -0.4 is 5.32 Å². The zero-order chi connectivity index (χ0) is 28.5. The van der Waals surface area contributed by atoms with Crippen LogP contribution in [0.4, 0.5) is 8.78 Å². The Balaban J connectivity index is 1.40. The predicted molar refractivity (Wildman–Crippen MR) is 154 cm³/mol. The summed E-state index contributed by atoms with van der Waals surface area (Å²) in [6, 6.07) is 30.9. The molecule has 0 saturated carbocycles. The van der Waals surface area contributed by atoms with Crippen LogP contribution in [0.25, 0.3) is 27.4 Å². The van der Waals surface area contributed by atoms with E-state index < -0.39 is 23.5 Å². The van der Waals surface area contributed by atoms with E-state index in [1.165, 1.54) is 12.1 Å². The molecular weight excluding hydrogens is 522 g/mol. The zero-order valence-electron chi connectivity index (χ0n) is 21.8. The topological polar surface area (TPSA) is 70.8 Å². The second-order valence-electron chi connectivity index (χ2n) is 9.88. The van der Waals surface area contributed by atoms with E-state index in [4.69, 9.17) is 5.11 Å². The van der Waals surface area contributed by atoms with Crippen LogP contribution >= 0.6 is 0 Å². The molecule has 0 saturated heterocycles. The first-order valence-electron chi connectivity index (χ1n) is 13.0. The molecule has 2 heterocycles. The van der Waals surface area contributed by atoms with Gasteiger partial charge in [-0.05, 0) is 82.1 Å². The Morgan fingerprint density at radius 2 is 1.51 bits per heavy atom. The number of aromatic carboxylic acids is 1. The summed E-state index contributed by atoms with van der Waals surface area (Å²) < 4.78 is 30.6. The van der Waals surface area contributed by atoms with Crippen molar-refractivity contribution < 1.29 is 23.5 Å². The van der Waals surface area contributed by atoms with Gasteiger partial charge in [-0.1, -0.05) is 54.6 Å². The van der Waals surface area contributed by atoms with Gasteiger partial charge in [-0.15, -0.1) is 0 Å². The molecule has 1 amide bonds. The molecule has 0 aliphatic carbocycles. The van der Waals surface area contributed by atoms with Crippen molar-refractivity contribution in [3.05, 3.63) is 149 Å². The van der Waals surface area contributed by atoms with Crippen LogP contribution in [-0.4, -0.2) is 21.4 Å². The van der Waals surface area contributed by atoms with Crippen LogP contribution in [0.3, 0.4) is 0 Å². The Kier molecular flexibility index (Phi) is 6.77. The van der Waals surface area contributed by atoms with Gasteiger partial charge < -0.3 is 14.8 Å². The van der Waals surface area contributed by atoms with Crippen molar-refractivity contribution in [3.63, 3.8) is 0 Å². The molecule has 0 spiro atoms. The SMILES string of the molecule is O=C(O)c1ccc(CNC(=O)c2cc(-c3cc(F)ccc3F)cc3ccc(Cc4ccc5ccccc5c4)n23)cc1. The van der Waals surface area contributed by atoms with E-state index >= 15 is 0 Å². The van der Waals surface area contributed by atoms with Gasteiger partial charge in [-0.25, -0.2) is 13.6 Å². The number of aromatic nitrogens is 1. The van der Waals surface area contributed by atoms with Gasteiger partial charge in [0.25, 0.3) is 5.91 Å². The van der Waals surface area contributed by atoms with Gasteiger partial charge in [-0.2, -0.15) is 0 Å². The summed E-state index contributed by atoms with van der Waals surface area (Å²) in [5.74, 6) is -2.61. The molecule has 0 radical (unpaired) electrons. The molecule has 0 aliphatic heterocycles. The van der Waals surface area contributed by atoms with Gasteiger partial charge in [0, 0.05) is 29.7 Å². The second-order valence-corrected chi connectivity index (χ2v) is 9.88. The largest absolute Gasteiger partial charge is 0.478 e. The molecule has 202 valence electrons. The van der Waals surface area contributed by atoms with Gasteiger partial charge in [0.2, 0.25) is 0 Å². The monoisotopic (exact) mass is 546 g/mol. The van der Waals surface area contributed by atoms with Crippen molar-refractivity contribution in [3.8, 4) is 11.1 Å². The third-order valence-electron chi connectivity index (χ3n) is 7.15. The van der Waals surface area contributed by atoms with Crippen molar-refractivity contribution in [2.45, 2.75) is 13.0 Å². The summed E-state index contributed by atoms with van der Waals surface area (Å²) in [5, 5.41) is 14.3. The smallest absolute Gasteiger partial charge is 0.335 e. The lowest BCUT2D eigenvalue weighted by atomic mass is 10.0. The highest BCUT2D eigenvalue weighted by Crippen LogP contribution is 2.29. The number of carbonyl (C=O) groups is 2. The molecular formula is C34H24F2N2O3. The van der Waals surface area contributed by atoms with Crippen LogP contribution in [0.1, 0.15) is 37.7 Å². The Morgan fingerprint density at radius 1 is 0.756 bits per heavy atom. The van der Waals surface area contributed by atoms with Crippen LogP contribution in [-0.2, 0) is 13.0 Å². The van der Waals surface area contributed by atoms with Gasteiger partial charge in [0.15, 0.2) is 0 Å². The van der Waals surface area contributed by atoms with Gasteiger partial charge >= 0.3 is 5.97 Å². The highest BCUT2D eigenvalue weighted by molar-refractivity contribution is 5.95. The van der Waals surface area contributed by atoms with Crippen LogP contribution in [0.5, 0.6) is 0 Å². The molecule has 7 heteroatoms. The Morgan fingerprint density at radius 3 is 2.29 bits per heavy atom. The molecule has 2 aromatic heterocycles. The molecule has 0 fully saturated rings. The van der Waals surface area contributed by atoms with Gasteiger partial charge in [-0.3, -0.25) is 4.79 Å². The summed E-state index contributed by atoms with van der Waals surface area (Å²) in [6.45, 7) is 0.153. The third-order valence-corrected chi connectivity index (χ3v) is 7.15. The Hall–Kier alpha value is -5.30. The zero-order valence-corrected chi connectivity index (χ0v) is 21.8. The highest BCUT2D eigenvalue weighted by Gasteiger charge is 2.18. The maximum Gasteiger partial charge on any atom is 0.335 e. The Labute approximate surface area is 234 Å². The minimum atomic E-state index is -1.03. The number of carboxylic acid groups (broad SMARTS) is 1. The lowest BCUT2D eigenvalue weighted by Crippen LogP contribution is -2.25. The number of nitrogens with one attached hydrogen (secondary N) is 1. The molecule has 0 bridgehead atoms. The first-order valence-corrected chi connectivity index (χ1v) is 13.0. The molecule has 0 atom stereocenters. The predicted octanol–water partition coefficient (Wildman–Crippen LogP) is 7.26. The first kappa shape index (κ1) is 26.0. The number of rotatable bonds is 7. The molecule has 6 rings (SSSR count). The fourth-order valence-corrected chi connectivity index (χ4v) is 5.09. The molecule has 0 unspecified atom stereocenters. The first-order chi connectivity index (χ1) is 19.9. The van der Waals surface area contributed by atoms with E-state index in [2.05, 4.69) is 35.6 Å². The van der Waals surface area contributed by atoms with Crippen molar-refractivity contribution in [2.24, 2.45) is 0 Å². The van der Waals surface area contributed by atoms with Gasteiger partial charge in [0.05, 0.1) is 5.56 Å². The number of carbonyl (C=O) groups excluding carboxylic acids is 1. The number of nitrogens with zero attached hydrogens (tertiary/aromatic N) is 1. The van der Waals surface area contributed by atoms with E-state index in [1.807, 2.05) is 28.7 Å². The number of benzene rings is 4. The fourth-order valence-electron chi connectivity index (χ4n) is 5.09. The number of fused-ring (bicyclic) bond motifs is 2. The van der Waals surface area contributed by atoms with E-state index in [0.717, 1.165) is 45.8 Å². The molecule has 4 aromatic carbocycles. The second kappa shape index (κ2) is 10.7. The van der Waals surface area contributed by atoms with E-state index in [9.17, 15) is 18.4 Å². The minimum Gasteiger partial charge on any atom is -0.478 e. The number of pyridine rings is 1. The Bertz CT molecular complexity index is 1940. The molecule has 6 aromatic rings. The number of halogens is 2. The van der Waals surface area contributed by atoms with E-state index in [-0.39, 0.29) is 23.4 Å². The van der Waals surface area contributed by atoms with Crippen molar-refractivity contribution in [2.75, 3.05) is 0 Å². The summed E-state index contributed by atoms with van der Waals surface area (Å²) in [4.78, 5) is 24.8. The fraction of sp³-hybridized carbons (Fsp3) is 0.0588. The maximum atomic E-state index is 14.8. The highest BCUT2D eigenvalue weighted by atomic mass is 19.1. The molecule has 5 nitrogen and oxygen atoms in total. The summed E-state index contributed by atoms with van der Waals surface area (Å²) in [6.07, 6.45) is 0.545. The van der Waals surface area contributed by atoms with Crippen molar-refractivity contribution >= 4 is 28.2 Å². The van der Waals surface area contributed by atoms with Crippen LogP contribution in [0.2, 0.25) is 0 Å². The standard InChI is InChI=1S/C34H24F2N2O3/c35-27-11-14-31(36)30(19-27)26-17-29-13-12-28(16-22-7-8-23-3-1-2-4-25(23)15-22)38(29)32(18-26)33(39)37-20-21-5-9-24(10-6-21)34(40)41/h1-15,17-19H,16,20H2,(H,37,39)(H,40,41). The summed E-state index contributed by atoms with van der Waals surface area (Å²) in [5.41, 5.74) is 4.16. The average molecular weight is 547 g/mol. The normalized spacial score (nSPS) is 11.2. The van der Waals surface area contributed by atoms with E-state index in [1.54, 1.807) is 24.3 Å². The van der Waals surface area contributed by atoms with Gasteiger partial charge in [0.1, 0.15) is 17.3 Å². The van der Waals surface area contributed by atoms with Crippen LogP contribution in [0, 0.1) is 11.6 Å². The van der Waals surface area contributed by atoms with Crippen molar-refractivity contribution in [1.82, 2.24) is 9.72 Å². The molecule has 2 N–H and O–H groups in total. The lowest BCUT2D eigenvalue weighted by molar-refractivity contribution is 0.0696. The third kappa shape index (κ3) is 5.30. The maximum absolute atomic E-state index is 14.8. The number of hydrogen-bond acceptors (Lipinski definition) is 2. The van der Waals surface area contributed by atoms with Crippen LogP contribution in [0.15, 0.2) is 109 Å². The van der Waals surface area contributed by atoms with E-state index in [0.29, 0.717) is 17.5 Å². The number of amides is 1. The number of hydrogen-bond donors (Lipinski definition) is 2. The number of carboxylic acids is 1. The summed E-state index contributed by atoms with van der Waals surface area (Å²) in [7, 11) is 0. The summed E-state index contributed by atoms with van der Waals surface area (Å²) >= 11 is 0.